The van der Waals surface area contributed by atoms with E-state index in [0.717, 1.165) is 4.47 Å². The van der Waals surface area contributed by atoms with Crippen LogP contribution < -0.4 is 16.0 Å². The molecule has 8 heteroatoms. The highest BCUT2D eigenvalue weighted by atomic mass is 79.9. The van der Waals surface area contributed by atoms with Crippen molar-refractivity contribution < 1.29 is 9.59 Å². The van der Waals surface area contributed by atoms with Crippen LogP contribution in [0.4, 0.5) is 10.6 Å². The van der Waals surface area contributed by atoms with Crippen LogP contribution in [0.25, 0.3) is 0 Å². The van der Waals surface area contributed by atoms with Crippen LogP contribution in [0.2, 0.25) is 0 Å². The summed E-state index contributed by atoms with van der Waals surface area (Å²) in [5.74, 6) is 0.300. The van der Waals surface area contributed by atoms with Gasteiger partial charge in [0.05, 0.1) is 5.56 Å². The molecule has 0 unspecified atom stereocenters. The number of nitrogens with zero attached hydrogens (tertiary/aromatic N) is 2. The fourth-order valence-electron chi connectivity index (χ4n) is 1.52. The highest BCUT2D eigenvalue weighted by Gasteiger charge is 2.12. The maximum atomic E-state index is 12.1. The highest BCUT2D eigenvalue weighted by Crippen LogP contribution is 2.17. The van der Waals surface area contributed by atoms with Crippen molar-refractivity contribution in [3.8, 4) is 0 Å². The minimum Gasteiger partial charge on any atom is -0.370 e. The van der Waals surface area contributed by atoms with Crippen LogP contribution in [0.5, 0.6) is 0 Å². The Morgan fingerprint density at radius 3 is 2.57 bits per heavy atom. The van der Waals surface area contributed by atoms with Gasteiger partial charge in [0.2, 0.25) is 0 Å². The fourth-order valence-corrected chi connectivity index (χ4v) is 1.85. The molecule has 7 nitrogen and oxygen atoms in total. The molecular formula is C13H20BrN5O2. The predicted molar refractivity (Wildman–Crippen MR) is 85.5 cm³/mol. The van der Waals surface area contributed by atoms with Crippen LogP contribution in [-0.4, -0.2) is 55.6 Å². The Labute approximate surface area is 132 Å². The van der Waals surface area contributed by atoms with Crippen molar-refractivity contribution in [3.63, 3.8) is 0 Å². The summed E-state index contributed by atoms with van der Waals surface area (Å²) in [5.41, 5.74) is 0.463. The van der Waals surface area contributed by atoms with Crippen molar-refractivity contribution in [2.24, 2.45) is 0 Å². The first-order valence-electron chi connectivity index (χ1n) is 6.58. The van der Waals surface area contributed by atoms with Gasteiger partial charge in [-0.1, -0.05) is 0 Å². The van der Waals surface area contributed by atoms with Crippen molar-refractivity contribution in [2.45, 2.75) is 6.92 Å². The number of amides is 3. The first-order valence-corrected chi connectivity index (χ1v) is 7.37. The number of anilines is 1. The Hall–Kier alpha value is -1.83. The second kappa shape index (κ2) is 8.46. The molecule has 116 valence electrons. The molecule has 0 aliphatic carbocycles. The summed E-state index contributed by atoms with van der Waals surface area (Å²) in [6, 6.07) is 1.51. The zero-order chi connectivity index (χ0) is 15.8. The molecule has 0 fully saturated rings. The van der Waals surface area contributed by atoms with E-state index < -0.39 is 0 Å². The van der Waals surface area contributed by atoms with Gasteiger partial charge in [-0.2, -0.15) is 0 Å². The molecule has 1 aromatic heterocycles. The number of halogens is 1. The summed E-state index contributed by atoms with van der Waals surface area (Å²) < 4.78 is 0.732. The Morgan fingerprint density at radius 1 is 1.29 bits per heavy atom. The largest absolute Gasteiger partial charge is 0.370 e. The Kier molecular flexibility index (Phi) is 6.93. The van der Waals surface area contributed by atoms with Crippen molar-refractivity contribution in [1.82, 2.24) is 20.5 Å². The van der Waals surface area contributed by atoms with E-state index in [-0.39, 0.29) is 11.9 Å². The summed E-state index contributed by atoms with van der Waals surface area (Å²) in [7, 11) is 3.31. The predicted octanol–water partition coefficient (Wildman–Crippen LogP) is 1.28. The topological polar surface area (TPSA) is 86.4 Å². The van der Waals surface area contributed by atoms with Crippen LogP contribution in [0, 0.1) is 0 Å². The number of hydrogen-bond acceptors (Lipinski definition) is 4. The maximum absolute atomic E-state index is 12.1. The van der Waals surface area contributed by atoms with Gasteiger partial charge < -0.3 is 20.9 Å². The average Bonchev–Trinajstić information content (AvgIpc) is 2.45. The molecule has 3 amide bonds. The van der Waals surface area contributed by atoms with E-state index in [2.05, 4.69) is 36.9 Å². The third kappa shape index (κ3) is 5.58. The molecule has 0 atom stereocenters. The lowest BCUT2D eigenvalue weighted by Gasteiger charge is -2.13. The maximum Gasteiger partial charge on any atom is 0.316 e. The molecule has 3 N–H and O–H groups in total. The first-order chi connectivity index (χ1) is 9.95. The van der Waals surface area contributed by atoms with Gasteiger partial charge >= 0.3 is 6.03 Å². The Morgan fingerprint density at radius 2 is 1.95 bits per heavy atom. The summed E-state index contributed by atoms with van der Waals surface area (Å²) in [6.45, 7) is 3.31. The third-order valence-electron chi connectivity index (χ3n) is 2.54. The third-order valence-corrected chi connectivity index (χ3v) is 2.97. The zero-order valence-corrected chi connectivity index (χ0v) is 14.0. The fraction of sp³-hybridized carbons (Fsp3) is 0.462. The second-order valence-electron chi connectivity index (χ2n) is 4.46. The van der Waals surface area contributed by atoms with Gasteiger partial charge in [-0.25, -0.2) is 9.78 Å². The summed E-state index contributed by atoms with van der Waals surface area (Å²) in [5, 5.41) is 8.46. The van der Waals surface area contributed by atoms with E-state index in [1.807, 2.05) is 6.92 Å². The Bertz CT molecular complexity index is 507. The summed E-state index contributed by atoms with van der Waals surface area (Å²) >= 11 is 3.30. The number of carbonyl (C=O) groups is 2. The van der Waals surface area contributed by atoms with Crippen molar-refractivity contribution in [2.75, 3.05) is 39.0 Å². The van der Waals surface area contributed by atoms with Crippen LogP contribution in [-0.2, 0) is 0 Å². The molecule has 0 spiro atoms. The van der Waals surface area contributed by atoms with Gasteiger partial charge in [0.25, 0.3) is 5.91 Å². The standard InChI is InChI=1S/C13H20BrN5O2/c1-4-15-11-10(7-9(14)8-18-11)12(20)16-5-6-17-13(21)19(2)3/h7-8H,4-6H2,1-3H3,(H,15,18)(H,16,20)(H,17,21). The van der Waals surface area contributed by atoms with Gasteiger partial charge in [-0.05, 0) is 28.9 Å². The van der Waals surface area contributed by atoms with Crippen LogP contribution in [0.1, 0.15) is 17.3 Å². The molecule has 0 saturated carbocycles. The number of hydrogen-bond donors (Lipinski definition) is 3. The lowest BCUT2D eigenvalue weighted by Crippen LogP contribution is -2.39. The smallest absolute Gasteiger partial charge is 0.316 e. The van der Waals surface area contributed by atoms with E-state index in [4.69, 9.17) is 0 Å². The molecule has 0 bridgehead atoms. The Balaban J connectivity index is 2.55. The van der Waals surface area contributed by atoms with E-state index in [9.17, 15) is 9.59 Å². The van der Waals surface area contributed by atoms with Crippen LogP contribution in [0.3, 0.4) is 0 Å². The molecule has 21 heavy (non-hydrogen) atoms. The lowest BCUT2D eigenvalue weighted by molar-refractivity contribution is 0.0954. The SMILES string of the molecule is CCNc1ncc(Br)cc1C(=O)NCCNC(=O)N(C)C. The number of nitrogens with one attached hydrogen (secondary N) is 3. The van der Waals surface area contributed by atoms with Crippen LogP contribution in [0.15, 0.2) is 16.7 Å². The van der Waals surface area contributed by atoms with Gasteiger partial charge in [-0.3, -0.25) is 4.79 Å². The monoisotopic (exact) mass is 357 g/mol. The van der Waals surface area contributed by atoms with E-state index in [1.165, 1.54) is 4.90 Å². The highest BCUT2D eigenvalue weighted by molar-refractivity contribution is 9.10. The molecule has 0 saturated heterocycles. The number of pyridine rings is 1. The number of rotatable bonds is 6. The number of aromatic nitrogens is 1. The minimum absolute atomic E-state index is 0.193. The van der Waals surface area contributed by atoms with Gasteiger partial charge in [-0.15, -0.1) is 0 Å². The molecule has 1 heterocycles. The zero-order valence-electron chi connectivity index (χ0n) is 12.4. The van der Waals surface area contributed by atoms with Crippen molar-refractivity contribution in [1.29, 1.82) is 0 Å². The summed E-state index contributed by atoms with van der Waals surface area (Å²) in [6.07, 6.45) is 1.63. The van der Waals surface area contributed by atoms with E-state index >= 15 is 0 Å². The molecule has 0 radical (unpaired) electrons. The van der Waals surface area contributed by atoms with Gasteiger partial charge in [0, 0.05) is 44.4 Å². The molecule has 0 aromatic carbocycles. The van der Waals surface area contributed by atoms with E-state index in [0.29, 0.717) is 31.0 Å². The molecule has 1 rings (SSSR count). The van der Waals surface area contributed by atoms with Gasteiger partial charge in [0.1, 0.15) is 5.82 Å². The lowest BCUT2D eigenvalue weighted by atomic mass is 10.2. The molecular weight excluding hydrogens is 338 g/mol. The minimum atomic E-state index is -0.237. The molecule has 0 aliphatic rings. The average molecular weight is 358 g/mol. The molecule has 1 aromatic rings. The normalized spacial score (nSPS) is 9.90. The van der Waals surface area contributed by atoms with Crippen LogP contribution >= 0.6 is 15.9 Å². The number of urea groups is 1. The first kappa shape index (κ1) is 17.2. The molecule has 0 aliphatic heterocycles. The second-order valence-corrected chi connectivity index (χ2v) is 5.38. The quantitative estimate of drug-likeness (QED) is 0.669. The van der Waals surface area contributed by atoms with Crippen molar-refractivity contribution in [3.05, 3.63) is 22.3 Å². The summed E-state index contributed by atoms with van der Waals surface area (Å²) in [4.78, 5) is 29.1. The van der Waals surface area contributed by atoms with Crippen molar-refractivity contribution >= 4 is 33.7 Å². The van der Waals surface area contributed by atoms with Gasteiger partial charge in [0.15, 0.2) is 0 Å². The number of carbonyl (C=O) groups excluding carboxylic acids is 2. The van der Waals surface area contributed by atoms with E-state index in [1.54, 1.807) is 26.4 Å².